The minimum Gasteiger partial charge on any atom is -0.507 e. The first-order valence-electron chi connectivity index (χ1n) is 7.64. The molecule has 1 amide bonds. The number of rotatable bonds is 7. The van der Waals surface area contributed by atoms with Gasteiger partial charge in [-0.1, -0.05) is 32.4 Å². The largest absolute Gasteiger partial charge is 0.507 e. The Hall–Kier alpha value is -2.57. The smallest absolute Gasteiger partial charge is 0.342 e. The number of benzene rings is 1. The van der Waals surface area contributed by atoms with Gasteiger partial charge in [0.2, 0.25) is 0 Å². The fourth-order valence-corrected chi connectivity index (χ4v) is 2.04. The number of aryl methyl sites for hydroxylation is 1. The SMILES string of the molecule is CC[C@@H](C)[C@H](NC(=O)COC(=O)c1cccc(C)c1O)C(=O)OC. The molecule has 0 aromatic heterocycles. The van der Waals surface area contributed by atoms with Gasteiger partial charge in [-0.25, -0.2) is 9.59 Å². The molecule has 1 aromatic carbocycles. The molecule has 0 saturated heterocycles. The summed E-state index contributed by atoms with van der Waals surface area (Å²) in [5.41, 5.74) is 0.505. The van der Waals surface area contributed by atoms with Crippen molar-refractivity contribution in [2.24, 2.45) is 5.92 Å². The van der Waals surface area contributed by atoms with Gasteiger partial charge in [-0.2, -0.15) is 0 Å². The molecule has 7 nitrogen and oxygen atoms in total. The zero-order valence-corrected chi connectivity index (χ0v) is 14.3. The third-order valence-corrected chi connectivity index (χ3v) is 3.78. The van der Waals surface area contributed by atoms with Gasteiger partial charge in [0.05, 0.1) is 7.11 Å². The molecule has 0 saturated carbocycles. The van der Waals surface area contributed by atoms with Crippen LogP contribution in [0.2, 0.25) is 0 Å². The molecule has 2 N–H and O–H groups in total. The van der Waals surface area contributed by atoms with E-state index < -0.39 is 30.5 Å². The van der Waals surface area contributed by atoms with Gasteiger partial charge < -0.3 is 19.9 Å². The molecule has 1 aromatic rings. The minimum absolute atomic E-state index is 0.0192. The highest BCUT2D eigenvalue weighted by molar-refractivity contribution is 5.94. The number of phenols is 1. The lowest BCUT2D eigenvalue weighted by molar-refractivity contribution is -0.147. The molecular weight excluding hydrogens is 314 g/mol. The summed E-state index contributed by atoms with van der Waals surface area (Å²) >= 11 is 0. The highest BCUT2D eigenvalue weighted by atomic mass is 16.5. The molecule has 0 bridgehead atoms. The Morgan fingerprint density at radius 1 is 1.29 bits per heavy atom. The molecular formula is C17H23NO6. The number of hydrogen-bond donors (Lipinski definition) is 2. The summed E-state index contributed by atoms with van der Waals surface area (Å²) in [6.07, 6.45) is 0.664. The van der Waals surface area contributed by atoms with E-state index in [0.29, 0.717) is 12.0 Å². The third-order valence-electron chi connectivity index (χ3n) is 3.78. The number of carbonyl (C=O) groups is 3. The van der Waals surface area contributed by atoms with E-state index in [1.54, 1.807) is 26.0 Å². The van der Waals surface area contributed by atoms with Crippen molar-refractivity contribution in [1.29, 1.82) is 0 Å². The maximum Gasteiger partial charge on any atom is 0.342 e. The van der Waals surface area contributed by atoms with Crippen LogP contribution in [0.4, 0.5) is 0 Å². The average molecular weight is 337 g/mol. The lowest BCUT2D eigenvalue weighted by Gasteiger charge is -2.21. The maximum absolute atomic E-state index is 11.9. The molecule has 0 fully saturated rings. The minimum atomic E-state index is -0.815. The summed E-state index contributed by atoms with van der Waals surface area (Å²) in [5, 5.41) is 12.3. The van der Waals surface area contributed by atoms with Gasteiger partial charge in [-0.3, -0.25) is 4.79 Å². The molecule has 2 atom stereocenters. The van der Waals surface area contributed by atoms with E-state index >= 15 is 0 Å². The van der Waals surface area contributed by atoms with Crippen LogP contribution in [0.5, 0.6) is 5.75 Å². The Bertz CT molecular complexity index is 613. The quantitative estimate of drug-likeness (QED) is 0.732. The summed E-state index contributed by atoms with van der Waals surface area (Å²) < 4.78 is 9.56. The molecule has 0 radical (unpaired) electrons. The van der Waals surface area contributed by atoms with Gasteiger partial charge in [0.1, 0.15) is 17.4 Å². The van der Waals surface area contributed by atoms with Gasteiger partial charge in [0.25, 0.3) is 5.91 Å². The number of phenolic OH excluding ortho intramolecular Hbond substituents is 1. The molecule has 0 aliphatic heterocycles. The van der Waals surface area contributed by atoms with Crippen molar-refractivity contribution >= 4 is 17.8 Å². The van der Waals surface area contributed by atoms with Crippen molar-refractivity contribution in [2.75, 3.05) is 13.7 Å². The highest BCUT2D eigenvalue weighted by Crippen LogP contribution is 2.22. The molecule has 0 aliphatic rings. The van der Waals surface area contributed by atoms with Crippen LogP contribution in [0.15, 0.2) is 18.2 Å². The second-order valence-corrected chi connectivity index (χ2v) is 5.50. The topological polar surface area (TPSA) is 102 Å². The fraction of sp³-hybridized carbons (Fsp3) is 0.471. The van der Waals surface area contributed by atoms with Crippen LogP contribution in [0.1, 0.15) is 36.2 Å². The molecule has 0 heterocycles. The van der Waals surface area contributed by atoms with Gasteiger partial charge in [0, 0.05) is 0 Å². The Labute approximate surface area is 141 Å². The van der Waals surface area contributed by atoms with Crippen LogP contribution >= 0.6 is 0 Å². The summed E-state index contributed by atoms with van der Waals surface area (Å²) in [6.45, 7) is 4.77. The van der Waals surface area contributed by atoms with Crippen molar-refractivity contribution < 1.29 is 29.0 Å². The molecule has 132 valence electrons. The normalized spacial score (nSPS) is 12.8. The molecule has 24 heavy (non-hydrogen) atoms. The van der Waals surface area contributed by atoms with E-state index in [-0.39, 0.29) is 17.2 Å². The summed E-state index contributed by atoms with van der Waals surface area (Å²) in [6, 6.07) is 3.84. The predicted octanol–water partition coefficient (Wildman–Crippen LogP) is 1.56. The van der Waals surface area contributed by atoms with E-state index in [0.717, 1.165) is 0 Å². The third kappa shape index (κ3) is 4.97. The van der Waals surface area contributed by atoms with Crippen LogP contribution in [0.25, 0.3) is 0 Å². The van der Waals surface area contributed by atoms with Crippen LogP contribution in [0, 0.1) is 12.8 Å². The van der Waals surface area contributed by atoms with E-state index in [1.165, 1.54) is 13.2 Å². The number of methoxy groups -OCH3 is 1. The van der Waals surface area contributed by atoms with Crippen molar-refractivity contribution in [3.05, 3.63) is 29.3 Å². The molecule has 1 rings (SSSR count). The fourth-order valence-electron chi connectivity index (χ4n) is 2.04. The summed E-state index contributed by atoms with van der Waals surface area (Å²) in [4.78, 5) is 35.6. The second-order valence-electron chi connectivity index (χ2n) is 5.50. The lowest BCUT2D eigenvalue weighted by Crippen LogP contribution is -2.47. The Balaban J connectivity index is 2.66. The van der Waals surface area contributed by atoms with E-state index in [1.807, 2.05) is 6.92 Å². The van der Waals surface area contributed by atoms with Gasteiger partial charge in [-0.05, 0) is 24.5 Å². The van der Waals surface area contributed by atoms with Crippen molar-refractivity contribution in [3.63, 3.8) is 0 Å². The summed E-state index contributed by atoms with van der Waals surface area (Å²) in [7, 11) is 1.24. The van der Waals surface area contributed by atoms with Gasteiger partial charge >= 0.3 is 11.9 Å². The number of esters is 2. The number of nitrogens with one attached hydrogen (secondary N) is 1. The van der Waals surface area contributed by atoms with Crippen molar-refractivity contribution in [1.82, 2.24) is 5.32 Å². The van der Waals surface area contributed by atoms with Crippen molar-refractivity contribution in [2.45, 2.75) is 33.2 Å². The second kappa shape index (κ2) is 8.90. The zero-order valence-electron chi connectivity index (χ0n) is 14.3. The molecule has 0 unspecified atom stereocenters. The number of aromatic hydroxyl groups is 1. The average Bonchev–Trinajstić information content (AvgIpc) is 2.58. The first kappa shape index (κ1) is 19.5. The molecule has 0 spiro atoms. The van der Waals surface area contributed by atoms with Crippen LogP contribution < -0.4 is 5.32 Å². The van der Waals surface area contributed by atoms with Crippen molar-refractivity contribution in [3.8, 4) is 5.75 Å². The van der Waals surface area contributed by atoms with Crippen LogP contribution in [-0.2, 0) is 19.1 Å². The molecule has 7 heteroatoms. The number of amides is 1. The standard InChI is InChI=1S/C17H23NO6/c1-5-10(2)14(17(22)23-4)18-13(19)9-24-16(21)12-8-6-7-11(3)15(12)20/h6-8,10,14,20H,5,9H2,1-4H3,(H,18,19)/t10-,14+/m1/s1. The van der Waals surface area contributed by atoms with Crippen LogP contribution in [-0.4, -0.2) is 42.7 Å². The van der Waals surface area contributed by atoms with E-state index in [2.05, 4.69) is 10.1 Å². The van der Waals surface area contributed by atoms with E-state index in [4.69, 9.17) is 4.74 Å². The molecule has 0 aliphatic carbocycles. The number of hydrogen-bond acceptors (Lipinski definition) is 6. The number of ether oxygens (including phenoxy) is 2. The first-order valence-corrected chi connectivity index (χ1v) is 7.64. The van der Waals surface area contributed by atoms with Crippen LogP contribution in [0.3, 0.4) is 0 Å². The first-order chi connectivity index (χ1) is 11.3. The van der Waals surface area contributed by atoms with Gasteiger partial charge in [0.15, 0.2) is 6.61 Å². The Morgan fingerprint density at radius 3 is 2.54 bits per heavy atom. The number of carbonyl (C=O) groups excluding carboxylic acids is 3. The summed E-state index contributed by atoms with van der Waals surface area (Å²) in [5.74, 6) is -2.30. The monoisotopic (exact) mass is 337 g/mol. The van der Waals surface area contributed by atoms with E-state index in [9.17, 15) is 19.5 Å². The predicted molar refractivity (Wildman–Crippen MR) is 86.5 cm³/mol. The Morgan fingerprint density at radius 2 is 1.96 bits per heavy atom. The zero-order chi connectivity index (χ0) is 18.3. The maximum atomic E-state index is 11.9. The van der Waals surface area contributed by atoms with Gasteiger partial charge in [-0.15, -0.1) is 0 Å². The highest BCUT2D eigenvalue weighted by Gasteiger charge is 2.27. The lowest BCUT2D eigenvalue weighted by atomic mass is 9.99. The number of para-hydroxylation sites is 1. The Kier molecular flexibility index (Phi) is 7.23.